The summed E-state index contributed by atoms with van der Waals surface area (Å²) in [5.74, 6) is 0. The number of aromatic nitrogens is 4. The molecule has 26 heavy (non-hydrogen) atoms. The summed E-state index contributed by atoms with van der Waals surface area (Å²) >= 11 is 0. The molecule has 0 aliphatic heterocycles. The molecule has 1 aliphatic carbocycles. The van der Waals surface area contributed by atoms with Crippen molar-refractivity contribution in [1.82, 2.24) is 19.6 Å². The Labute approximate surface area is 152 Å². The topological polar surface area (TPSA) is 46.0 Å². The van der Waals surface area contributed by atoms with Crippen LogP contribution in [0.2, 0.25) is 0 Å². The number of hydrogen-bond donors (Lipinski definition) is 1. The van der Waals surface area contributed by atoms with E-state index in [0.717, 1.165) is 41.9 Å². The van der Waals surface area contributed by atoms with Crippen LogP contribution in [0.4, 0.5) is 0 Å². The Kier molecular flexibility index (Phi) is 3.29. The van der Waals surface area contributed by atoms with Gasteiger partial charge in [0.1, 0.15) is 5.65 Å². The van der Waals surface area contributed by atoms with Gasteiger partial charge in [-0.2, -0.15) is 5.10 Å². The molecule has 1 N–H and O–H groups in total. The van der Waals surface area contributed by atoms with Gasteiger partial charge in [0.15, 0.2) is 0 Å². The number of H-pyrrole nitrogens is 1. The highest BCUT2D eigenvalue weighted by atomic mass is 15.1. The molecule has 0 radical (unpaired) electrons. The minimum atomic E-state index is 0.320. The summed E-state index contributed by atoms with van der Waals surface area (Å²) in [6.45, 7) is 4.64. The Morgan fingerprint density at radius 2 is 1.88 bits per heavy atom. The van der Waals surface area contributed by atoms with E-state index in [1.54, 1.807) is 0 Å². The molecule has 130 valence electrons. The van der Waals surface area contributed by atoms with Crippen LogP contribution in [0.5, 0.6) is 0 Å². The average Bonchev–Trinajstić information content (AvgIpc) is 3.26. The average molecular weight is 342 g/mol. The first-order chi connectivity index (χ1) is 12.6. The number of nitrogens with one attached hydrogen (secondary N) is 1. The molecule has 0 atom stereocenters. The Morgan fingerprint density at radius 3 is 2.73 bits per heavy atom. The van der Waals surface area contributed by atoms with Crippen molar-refractivity contribution in [3.8, 4) is 11.3 Å². The summed E-state index contributed by atoms with van der Waals surface area (Å²) in [5, 5.41) is 7.85. The maximum absolute atomic E-state index is 4.76. The zero-order valence-electron chi connectivity index (χ0n) is 15.2. The summed E-state index contributed by atoms with van der Waals surface area (Å²) in [5.41, 5.74) is 8.57. The Hall–Kier alpha value is -2.88. The predicted molar refractivity (Wildman–Crippen MR) is 103 cm³/mol. The van der Waals surface area contributed by atoms with Crippen molar-refractivity contribution in [2.24, 2.45) is 5.41 Å². The van der Waals surface area contributed by atoms with Crippen LogP contribution in [0, 0.1) is 5.41 Å². The van der Waals surface area contributed by atoms with Gasteiger partial charge in [0.2, 0.25) is 0 Å². The zero-order chi connectivity index (χ0) is 17.7. The number of aromatic amines is 1. The fourth-order valence-corrected chi connectivity index (χ4v) is 4.07. The van der Waals surface area contributed by atoms with Gasteiger partial charge in [-0.05, 0) is 36.0 Å². The second kappa shape index (κ2) is 5.56. The Bertz CT molecular complexity index is 1090. The lowest BCUT2D eigenvalue weighted by Gasteiger charge is -2.15. The van der Waals surface area contributed by atoms with E-state index in [4.69, 9.17) is 4.98 Å². The maximum Gasteiger partial charge on any atom is 0.137 e. The van der Waals surface area contributed by atoms with Crippen LogP contribution in [0.1, 0.15) is 36.4 Å². The van der Waals surface area contributed by atoms with E-state index >= 15 is 0 Å². The molecule has 1 aromatic carbocycles. The highest BCUT2D eigenvalue weighted by Gasteiger charge is 2.32. The van der Waals surface area contributed by atoms with Gasteiger partial charge in [-0.1, -0.05) is 44.2 Å². The normalized spacial score (nSPS) is 15.5. The number of benzene rings is 1. The molecule has 0 fully saturated rings. The minimum Gasteiger partial charge on any atom is -0.306 e. The van der Waals surface area contributed by atoms with Crippen molar-refractivity contribution < 1.29 is 0 Å². The van der Waals surface area contributed by atoms with Crippen LogP contribution in [0.3, 0.4) is 0 Å². The lowest BCUT2D eigenvalue weighted by atomic mass is 9.90. The second-order valence-electron chi connectivity index (χ2n) is 8.12. The van der Waals surface area contributed by atoms with E-state index in [2.05, 4.69) is 77.2 Å². The monoisotopic (exact) mass is 342 g/mol. The molecule has 0 unspecified atom stereocenters. The molecule has 0 saturated heterocycles. The van der Waals surface area contributed by atoms with Gasteiger partial charge >= 0.3 is 0 Å². The Morgan fingerprint density at radius 1 is 1.04 bits per heavy atom. The van der Waals surface area contributed by atoms with Crippen LogP contribution in [-0.2, 0) is 19.3 Å². The molecule has 4 nitrogen and oxygen atoms in total. The second-order valence-corrected chi connectivity index (χ2v) is 8.12. The van der Waals surface area contributed by atoms with Gasteiger partial charge in [0.25, 0.3) is 0 Å². The van der Waals surface area contributed by atoms with Gasteiger partial charge in [-0.25, -0.2) is 4.98 Å². The molecular weight excluding hydrogens is 320 g/mol. The van der Waals surface area contributed by atoms with Gasteiger partial charge in [-0.15, -0.1) is 0 Å². The van der Waals surface area contributed by atoms with Crippen LogP contribution >= 0.6 is 0 Å². The van der Waals surface area contributed by atoms with E-state index in [1.807, 2.05) is 6.07 Å². The number of hydrogen-bond acceptors (Lipinski definition) is 2. The van der Waals surface area contributed by atoms with E-state index in [0.29, 0.717) is 5.41 Å². The summed E-state index contributed by atoms with van der Waals surface area (Å²) < 4.78 is 2.12. The van der Waals surface area contributed by atoms with Gasteiger partial charge in [0, 0.05) is 35.6 Å². The Balaban J connectivity index is 1.50. The summed E-state index contributed by atoms with van der Waals surface area (Å²) in [7, 11) is 0. The zero-order valence-corrected chi connectivity index (χ0v) is 15.2. The maximum atomic E-state index is 4.76. The molecule has 3 aromatic heterocycles. The number of nitrogens with zero attached hydrogens (tertiary/aromatic N) is 3. The van der Waals surface area contributed by atoms with Crippen LogP contribution in [0.25, 0.3) is 16.9 Å². The molecule has 4 heteroatoms. The van der Waals surface area contributed by atoms with E-state index in [1.165, 1.54) is 16.8 Å². The molecule has 0 bridgehead atoms. The first-order valence-electron chi connectivity index (χ1n) is 9.15. The summed E-state index contributed by atoms with van der Waals surface area (Å²) in [6.07, 6.45) is 7.28. The third kappa shape index (κ3) is 2.62. The van der Waals surface area contributed by atoms with Crippen LogP contribution < -0.4 is 0 Å². The van der Waals surface area contributed by atoms with E-state index in [9.17, 15) is 0 Å². The standard InChI is InChI=1S/C22H22N4/c1-22(2)11-18-19(12-22)24-25-21(18)16-8-9-20-23-17(14-26(20)13-16)10-15-6-4-3-5-7-15/h3-9,13-14H,10-12H2,1-2H3,(H,24,25). The molecule has 0 amide bonds. The largest absolute Gasteiger partial charge is 0.306 e. The fourth-order valence-electron chi connectivity index (χ4n) is 4.07. The molecule has 5 rings (SSSR count). The SMILES string of the molecule is CC1(C)Cc2[nH]nc(-c3ccc4nc(Cc5ccccc5)cn4c3)c2C1. The van der Waals surface area contributed by atoms with Crippen molar-refractivity contribution in [1.29, 1.82) is 0 Å². The smallest absolute Gasteiger partial charge is 0.137 e. The highest BCUT2D eigenvalue weighted by Crippen LogP contribution is 2.39. The van der Waals surface area contributed by atoms with Crippen molar-refractivity contribution >= 4 is 5.65 Å². The molecule has 0 saturated carbocycles. The summed E-state index contributed by atoms with van der Waals surface area (Å²) in [4.78, 5) is 4.76. The van der Waals surface area contributed by atoms with E-state index in [-0.39, 0.29) is 0 Å². The van der Waals surface area contributed by atoms with Crippen molar-refractivity contribution in [3.05, 3.63) is 77.4 Å². The van der Waals surface area contributed by atoms with Gasteiger partial charge < -0.3 is 4.40 Å². The van der Waals surface area contributed by atoms with Crippen LogP contribution in [-0.4, -0.2) is 19.6 Å². The van der Waals surface area contributed by atoms with Gasteiger partial charge in [0.05, 0.1) is 11.4 Å². The van der Waals surface area contributed by atoms with Crippen LogP contribution in [0.15, 0.2) is 54.9 Å². The first-order valence-corrected chi connectivity index (χ1v) is 9.15. The van der Waals surface area contributed by atoms with Crippen molar-refractivity contribution in [2.45, 2.75) is 33.1 Å². The quantitative estimate of drug-likeness (QED) is 0.598. The molecule has 0 spiro atoms. The molecule has 4 aromatic rings. The van der Waals surface area contributed by atoms with E-state index < -0.39 is 0 Å². The molecule has 1 aliphatic rings. The molecule has 3 heterocycles. The van der Waals surface area contributed by atoms with Crippen molar-refractivity contribution in [3.63, 3.8) is 0 Å². The lowest BCUT2D eigenvalue weighted by Crippen LogP contribution is -2.11. The van der Waals surface area contributed by atoms with Crippen molar-refractivity contribution in [2.75, 3.05) is 0 Å². The predicted octanol–water partition coefficient (Wildman–Crippen LogP) is 4.44. The number of pyridine rings is 1. The third-order valence-corrected chi connectivity index (χ3v) is 5.27. The summed E-state index contributed by atoms with van der Waals surface area (Å²) in [6, 6.07) is 14.7. The third-order valence-electron chi connectivity index (χ3n) is 5.27. The van der Waals surface area contributed by atoms with Gasteiger partial charge in [-0.3, -0.25) is 5.10 Å². The minimum absolute atomic E-state index is 0.320. The number of imidazole rings is 1. The lowest BCUT2D eigenvalue weighted by molar-refractivity contribution is 0.388. The fraction of sp³-hybridized carbons (Fsp3) is 0.273. The highest BCUT2D eigenvalue weighted by molar-refractivity contribution is 5.66. The first kappa shape index (κ1) is 15.4. The molecular formula is C22H22N4. The number of rotatable bonds is 3. The number of fused-ring (bicyclic) bond motifs is 2.